The van der Waals surface area contributed by atoms with Gasteiger partial charge >= 0.3 is 0 Å². The highest BCUT2D eigenvalue weighted by molar-refractivity contribution is 7.88. The molecule has 0 aliphatic carbocycles. The van der Waals surface area contributed by atoms with Gasteiger partial charge in [-0.3, -0.25) is 0 Å². The minimum absolute atomic E-state index is 0.482. The van der Waals surface area contributed by atoms with Crippen LogP contribution in [0.25, 0.3) is 0 Å². The van der Waals surface area contributed by atoms with Crippen molar-refractivity contribution in [3.8, 4) is 0 Å². The molecule has 0 aliphatic rings. The number of furan rings is 1. The molecule has 1 aromatic heterocycles. The molecule has 13 heavy (non-hydrogen) atoms. The molecule has 0 radical (unpaired) electrons. The van der Waals surface area contributed by atoms with E-state index in [0.717, 1.165) is 6.26 Å². The van der Waals surface area contributed by atoms with E-state index in [0.29, 0.717) is 11.5 Å². The Hall–Kier alpha value is -1.30. The molecule has 5 nitrogen and oxygen atoms in total. The van der Waals surface area contributed by atoms with Gasteiger partial charge in [0, 0.05) is 0 Å². The van der Waals surface area contributed by atoms with Gasteiger partial charge in [-0.15, -0.1) is 0 Å². The Kier molecular flexibility index (Phi) is 2.72. The van der Waals surface area contributed by atoms with Gasteiger partial charge in [0.25, 0.3) is 0 Å². The molecule has 1 rings (SSSR count). The third-order valence-electron chi connectivity index (χ3n) is 1.26. The van der Waals surface area contributed by atoms with Gasteiger partial charge in [0.15, 0.2) is 0 Å². The van der Waals surface area contributed by atoms with Crippen LogP contribution in [-0.4, -0.2) is 20.4 Å². The van der Waals surface area contributed by atoms with Crippen molar-refractivity contribution in [3.05, 3.63) is 24.2 Å². The van der Waals surface area contributed by atoms with E-state index in [1.165, 1.54) is 6.26 Å². The van der Waals surface area contributed by atoms with E-state index in [2.05, 4.69) is 5.10 Å². The molecule has 0 saturated heterocycles. The summed E-state index contributed by atoms with van der Waals surface area (Å²) in [6.07, 6.45) is 2.53. The SMILES string of the molecule is C/C(=N/NS(C)(=O)=O)c1ccco1. The van der Waals surface area contributed by atoms with E-state index < -0.39 is 10.0 Å². The quantitative estimate of drug-likeness (QED) is 0.574. The van der Waals surface area contributed by atoms with Crippen LogP contribution in [0.15, 0.2) is 27.9 Å². The van der Waals surface area contributed by atoms with E-state index in [1.54, 1.807) is 19.1 Å². The number of nitrogens with zero attached hydrogens (tertiary/aromatic N) is 1. The lowest BCUT2D eigenvalue weighted by Crippen LogP contribution is -2.17. The second-order valence-corrected chi connectivity index (χ2v) is 4.26. The number of hydrogen-bond donors (Lipinski definition) is 1. The maximum atomic E-state index is 10.7. The van der Waals surface area contributed by atoms with E-state index in [-0.39, 0.29) is 0 Å². The summed E-state index contributed by atoms with van der Waals surface area (Å²) < 4.78 is 26.3. The number of hydrazone groups is 1. The molecule has 0 fully saturated rings. The Labute approximate surface area is 76.5 Å². The molecule has 0 aromatic carbocycles. The molecule has 0 spiro atoms. The van der Waals surface area contributed by atoms with Crippen molar-refractivity contribution in [2.75, 3.05) is 6.26 Å². The summed E-state index contributed by atoms with van der Waals surface area (Å²) in [5.41, 5.74) is 0.482. The Morgan fingerprint density at radius 3 is 2.77 bits per heavy atom. The van der Waals surface area contributed by atoms with Crippen LogP contribution in [0.1, 0.15) is 12.7 Å². The van der Waals surface area contributed by atoms with Crippen molar-refractivity contribution in [2.45, 2.75) is 6.92 Å². The molecule has 0 atom stereocenters. The maximum absolute atomic E-state index is 10.7. The van der Waals surface area contributed by atoms with Crippen LogP contribution >= 0.6 is 0 Å². The summed E-state index contributed by atoms with van der Waals surface area (Å²) >= 11 is 0. The van der Waals surface area contributed by atoms with Gasteiger partial charge in [-0.2, -0.15) is 5.10 Å². The normalized spacial score (nSPS) is 12.9. The van der Waals surface area contributed by atoms with Crippen LogP contribution in [0.5, 0.6) is 0 Å². The summed E-state index contributed by atoms with van der Waals surface area (Å²) in [6, 6.07) is 3.40. The zero-order valence-electron chi connectivity index (χ0n) is 7.31. The molecule has 1 N–H and O–H groups in total. The largest absolute Gasteiger partial charge is 0.463 e. The zero-order chi connectivity index (χ0) is 9.90. The Morgan fingerprint density at radius 1 is 1.62 bits per heavy atom. The van der Waals surface area contributed by atoms with E-state index in [4.69, 9.17) is 4.42 Å². The van der Waals surface area contributed by atoms with Gasteiger partial charge in [0.2, 0.25) is 10.0 Å². The monoisotopic (exact) mass is 202 g/mol. The standard InChI is InChI=1S/C7H10N2O3S/c1-6(7-4-3-5-12-7)8-9-13(2,10)11/h3-5,9H,1-2H3/b8-6-. The minimum atomic E-state index is -3.29. The molecule has 0 aliphatic heterocycles. The average molecular weight is 202 g/mol. The van der Waals surface area contributed by atoms with Crippen LogP contribution in [0.4, 0.5) is 0 Å². The van der Waals surface area contributed by atoms with Crippen LogP contribution in [0, 0.1) is 0 Å². The topological polar surface area (TPSA) is 71.7 Å². The summed E-state index contributed by atoms with van der Waals surface area (Å²) in [5, 5.41) is 3.62. The predicted molar refractivity (Wildman–Crippen MR) is 48.9 cm³/mol. The van der Waals surface area contributed by atoms with Crippen molar-refractivity contribution in [3.63, 3.8) is 0 Å². The van der Waals surface area contributed by atoms with Crippen LogP contribution in [0.3, 0.4) is 0 Å². The van der Waals surface area contributed by atoms with Crippen molar-refractivity contribution in [1.29, 1.82) is 0 Å². The highest BCUT2D eigenvalue weighted by Gasteiger charge is 2.01. The highest BCUT2D eigenvalue weighted by atomic mass is 32.2. The molecule has 1 heterocycles. The lowest BCUT2D eigenvalue weighted by Gasteiger charge is -1.97. The molecular formula is C7H10N2O3S. The molecule has 6 heteroatoms. The fourth-order valence-corrected chi connectivity index (χ4v) is 0.994. The summed E-state index contributed by atoms with van der Waals surface area (Å²) in [7, 11) is -3.29. The van der Waals surface area contributed by atoms with Gasteiger partial charge < -0.3 is 4.42 Å². The second kappa shape index (κ2) is 3.61. The number of rotatable bonds is 3. The van der Waals surface area contributed by atoms with Crippen LogP contribution in [0.2, 0.25) is 0 Å². The van der Waals surface area contributed by atoms with Gasteiger partial charge in [0.1, 0.15) is 11.5 Å². The van der Waals surface area contributed by atoms with Crippen molar-refractivity contribution < 1.29 is 12.8 Å². The first-order valence-corrected chi connectivity index (χ1v) is 5.43. The number of hydrogen-bond acceptors (Lipinski definition) is 4. The van der Waals surface area contributed by atoms with Gasteiger partial charge in [-0.25, -0.2) is 13.2 Å². The fraction of sp³-hybridized carbons (Fsp3) is 0.286. The molecule has 0 bridgehead atoms. The van der Waals surface area contributed by atoms with Crippen LogP contribution in [-0.2, 0) is 10.0 Å². The minimum Gasteiger partial charge on any atom is -0.463 e. The molecular weight excluding hydrogens is 192 g/mol. The first-order valence-electron chi connectivity index (χ1n) is 3.54. The third-order valence-corrected chi connectivity index (χ3v) is 1.68. The first kappa shape index (κ1) is 9.79. The number of sulfonamides is 1. The third kappa shape index (κ3) is 3.29. The molecule has 1 aromatic rings. The molecule has 72 valence electrons. The summed E-state index contributed by atoms with van der Waals surface area (Å²) in [4.78, 5) is 2.01. The van der Waals surface area contributed by atoms with Gasteiger partial charge in [-0.1, -0.05) is 0 Å². The highest BCUT2D eigenvalue weighted by Crippen LogP contribution is 2.01. The van der Waals surface area contributed by atoms with Gasteiger partial charge in [-0.05, 0) is 19.1 Å². The van der Waals surface area contributed by atoms with E-state index in [1.807, 2.05) is 4.83 Å². The van der Waals surface area contributed by atoms with Crippen molar-refractivity contribution >= 4 is 15.7 Å². The molecule has 0 saturated carbocycles. The average Bonchev–Trinajstić information content (AvgIpc) is 2.50. The molecule has 0 amide bonds. The lowest BCUT2D eigenvalue weighted by molar-refractivity contribution is 0.556. The zero-order valence-corrected chi connectivity index (χ0v) is 8.13. The Morgan fingerprint density at radius 2 is 2.31 bits per heavy atom. The second-order valence-electron chi connectivity index (χ2n) is 2.54. The predicted octanol–water partition coefficient (Wildman–Crippen LogP) is 0.553. The van der Waals surface area contributed by atoms with Gasteiger partial charge in [0.05, 0.1) is 12.5 Å². The fourth-order valence-electron chi connectivity index (χ4n) is 0.691. The Bertz CT molecular complexity index is 391. The maximum Gasteiger partial charge on any atom is 0.244 e. The summed E-state index contributed by atoms with van der Waals surface area (Å²) in [5.74, 6) is 0.538. The van der Waals surface area contributed by atoms with E-state index >= 15 is 0 Å². The lowest BCUT2D eigenvalue weighted by atomic mass is 10.3. The smallest absolute Gasteiger partial charge is 0.244 e. The van der Waals surface area contributed by atoms with Crippen molar-refractivity contribution in [1.82, 2.24) is 4.83 Å². The number of nitrogens with one attached hydrogen (secondary N) is 1. The Balaban J connectivity index is 2.74. The summed E-state index contributed by atoms with van der Waals surface area (Å²) in [6.45, 7) is 1.65. The van der Waals surface area contributed by atoms with Crippen molar-refractivity contribution in [2.24, 2.45) is 5.10 Å². The molecule has 0 unspecified atom stereocenters. The van der Waals surface area contributed by atoms with Crippen LogP contribution < -0.4 is 4.83 Å². The van der Waals surface area contributed by atoms with E-state index in [9.17, 15) is 8.42 Å². The first-order chi connectivity index (χ1) is 5.99.